The van der Waals surface area contributed by atoms with Crippen LogP contribution in [0.1, 0.15) is 10.4 Å². The Labute approximate surface area is 153 Å². The number of fused-ring (bicyclic) bond motifs is 1. The maximum absolute atomic E-state index is 12.4. The molecule has 0 aliphatic rings. The van der Waals surface area contributed by atoms with E-state index in [2.05, 4.69) is 19.9 Å². The number of imidazole rings is 1. The van der Waals surface area contributed by atoms with Crippen LogP contribution in [-0.4, -0.2) is 31.5 Å². The number of para-hydroxylation sites is 1. The maximum atomic E-state index is 12.4. The number of Topliss-reactive ketones (excluding diaryl/α,β-unsaturated/α-hetero) is 1. The van der Waals surface area contributed by atoms with Crippen LogP contribution in [0.4, 0.5) is 0 Å². The van der Waals surface area contributed by atoms with Gasteiger partial charge in [-0.1, -0.05) is 30.0 Å². The SMILES string of the molecule is O=C(CSc1ncnc2nc[nH]c12)c1ccc(Oc2ccccc2)cc1. The van der Waals surface area contributed by atoms with Gasteiger partial charge in [-0.25, -0.2) is 15.0 Å². The maximum Gasteiger partial charge on any atom is 0.181 e. The summed E-state index contributed by atoms with van der Waals surface area (Å²) in [7, 11) is 0. The molecule has 7 heteroatoms. The van der Waals surface area contributed by atoms with Gasteiger partial charge < -0.3 is 9.72 Å². The molecule has 2 aromatic carbocycles. The van der Waals surface area contributed by atoms with E-state index < -0.39 is 0 Å². The average molecular weight is 362 g/mol. The van der Waals surface area contributed by atoms with Crippen molar-refractivity contribution >= 4 is 28.7 Å². The summed E-state index contributed by atoms with van der Waals surface area (Å²) in [5, 5.41) is 0.713. The predicted octanol–water partition coefficient (Wildman–Crippen LogP) is 4.12. The Morgan fingerprint density at radius 3 is 2.54 bits per heavy atom. The molecule has 26 heavy (non-hydrogen) atoms. The van der Waals surface area contributed by atoms with E-state index in [0.29, 0.717) is 22.0 Å². The van der Waals surface area contributed by atoms with Gasteiger partial charge in [0, 0.05) is 5.56 Å². The zero-order valence-electron chi connectivity index (χ0n) is 13.6. The molecular weight excluding hydrogens is 348 g/mol. The van der Waals surface area contributed by atoms with Crippen molar-refractivity contribution in [2.75, 3.05) is 5.75 Å². The molecule has 0 fully saturated rings. The van der Waals surface area contributed by atoms with E-state index in [1.54, 1.807) is 30.6 Å². The largest absolute Gasteiger partial charge is 0.457 e. The van der Waals surface area contributed by atoms with Crippen LogP contribution in [0, 0.1) is 0 Å². The molecule has 0 spiro atoms. The van der Waals surface area contributed by atoms with E-state index >= 15 is 0 Å². The molecule has 128 valence electrons. The lowest BCUT2D eigenvalue weighted by atomic mass is 10.1. The lowest BCUT2D eigenvalue weighted by molar-refractivity contribution is 0.102. The van der Waals surface area contributed by atoms with Crippen molar-refractivity contribution in [3.63, 3.8) is 0 Å². The van der Waals surface area contributed by atoms with Gasteiger partial charge in [0.15, 0.2) is 11.4 Å². The molecule has 0 aliphatic heterocycles. The lowest BCUT2D eigenvalue weighted by Gasteiger charge is -2.06. The number of hydrogen-bond donors (Lipinski definition) is 1. The van der Waals surface area contributed by atoms with Crippen molar-refractivity contribution in [1.29, 1.82) is 0 Å². The van der Waals surface area contributed by atoms with Crippen LogP contribution in [0.25, 0.3) is 11.2 Å². The monoisotopic (exact) mass is 362 g/mol. The summed E-state index contributed by atoms with van der Waals surface area (Å²) in [6.07, 6.45) is 3.02. The van der Waals surface area contributed by atoms with Crippen LogP contribution in [0.5, 0.6) is 11.5 Å². The highest BCUT2D eigenvalue weighted by Gasteiger charge is 2.11. The number of benzene rings is 2. The number of hydrogen-bond acceptors (Lipinski definition) is 6. The molecule has 0 saturated carbocycles. The van der Waals surface area contributed by atoms with Gasteiger partial charge in [-0.3, -0.25) is 4.79 Å². The molecule has 0 unspecified atom stereocenters. The van der Waals surface area contributed by atoms with Gasteiger partial charge in [0.05, 0.1) is 12.1 Å². The van der Waals surface area contributed by atoms with Crippen LogP contribution < -0.4 is 4.74 Å². The molecule has 4 rings (SSSR count). The quantitative estimate of drug-likeness (QED) is 0.316. The number of aromatic nitrogens is 4. The van der Waals surface area contributed by atoms with Crippen molar-refractivity contribution in [3.05, 3.63) is 72.8 Å². The fourth-order valence-electron chi connectivity index (χ4n) is 2.40. The Kier molecular flexibility index (Phi) is 4.61. The topological polar surface area (TPSA) is 80.8 Å². The zero-order chi connectivity index (χ0) is 17.8. The van der Waals surface area contributed by atoms with Crippen LogP contribution in [0.2, 0.25) is 0 Å². The minimum atomic E-state index is 0.0209. The molecule has 1 N–H and O–H groups in total. The molecule has 0 atom stereocenters. The van der Waals surface area contributed by atoms with Gasteiger partial charge in [-0.05, 0) is 36.4 Å². The van der Waals surface area contributed by atoms with Crippen LogP contribution in [0.15, 0.2) is 72.3 Å². The lowest BCUT2D eigenvalue weighted by Crippen LogP contribution is -2.02. The first-order chi connectivity index (χ1) is 12.8. The number of nitrogens with zero attached hydrogens (tertiary/aromatic N) is 3. The Hall–Kier alpha value is -3.19. The van der Waals surface area contributed by atoms with E-state index in [4.69, 9.17) is 4.74 Å². The third kappa shape index (κ3) is 3.57. The Balaban J connectivity index is 1.41. The summed E-state index contributed by atoms with van der Waals surface area (Å²) in [5.74, 6) is 1.75. The van der Waals surface area contributed by atoms with Gasteiger partial charge in [0.2, 0.25) is 0 Å². The van der Waals surface area contributed by atoms with Gasteiger partial charge in [-0.15, -0.1) is 0 Å². The van der Waals surface area contributed by atoms with Gasteiger partial charge >= 0.3 is 0 Å². The molecule has 0 radical (unpaired) electrons. The highest BCUT2D eigenvalue weighted by atomic mass is 32.2. The third-order valence-corrected chi connectivity index (χ3v) is 4.67. The predicted molar refractivity (Wildman–Crippen MR) is 99.7 cm³/mol. The molecule has 0 amide bonds. The number of H-pyrrole nitrogens is 1. The van der Waals surface area contributed by atoms with Gasteiger partial charge in [0.25, 0.3) is 0 Å². The van der Waals surface area contributed by atoms with Gasteiger partial charge in [0.1, 0.15) is 28.4 Å². The Morgan fingerprint density at radius 1 is 0.962 bits per heavy atom. The van der Waals surface area contributed by atoms with Crippen LogP contribution >= 0.6 is 11.8 Å². The van der Waals surface area contributed by atoms with Crippen LogP contribution in [-0.2, 0) is 0 Å². The number of aromatic amines is 1. The number of carbonyl (C=O) groups is 1. The van der Waals surface area contributed by atoms with E-state index in [-0.39, 0.29) is 11.5 Å². The summed E-state index contributed by atoms with van der Waals surface area (Å²) in [6.45, 7) is 0. The zero-order valence-corrected chi connectivity index (χ0v) is 14.4. The van der Waals surface area contributed by atoms with E-state index in [1.807, 2.05) is 30.3 Å². The fourth-order valence-corrected chi connectivity index (χ4v) is 3.25. The van der Waals surface area contributed by atoms with Gasteiger partial charge in [-0.2, -0.15) is 0 Å². The highest BCUT2D eigenvalue weighted by molar-refractivity contribution is 8.00. The molecule has 4 aromatic rings. The van der Waals surface area contributed by atoms with Crippen LogP contribution in [0.3, 0.4) is 0 Å². The van der Waals surface area contributed by atoms with Crippen molar-refractivity contribution in [2.45, 2.75) is 5.03 Å². The van der Waals surface area contributed by atoms with Crippen molar-refractivity contribution < 1.29 is 9.53 Å². The first-order valence-electron chi connectivity index (χ1n) is 7.92. The summed E-state index contributed by atoms with van der Waals surface area (Å²) in [5.41, 5.74) is 1.97. The minimum absolute atomic E-state index is 0.0209. The fraction of sp³-hybridized carbons (Fsp3) is 0.0526. The Bertz CT molecular complexity index is 1030. The smallest absolute Gasteiger partial charge is 0.181 e. The molecule has 6 nitrogen and oxygen atoms in total. The number of thioether (sulfide) groups is 1. The van der Waals surface area contributed by atoms with E-state index in [0.717, 1.165) is 11.3 Å². The number of ketones is 1. The molecule has 0 bridgehead atoms. The summed E-state index contributed by atoms with van der Waals surface area (Å²) < 4.78 is 5.74. The number of nitrogens with one attached hydrogen (secondary N) is 1. The normalized spacial score (nSPS) is 10.8. The first kappa shape index (κ1) is 16.3. The van der Waals surface area contributed by atoms with E-state index in [1.165, 1.54) is 18.1 Å². The summed E-state index contributed by atoms with van der Waals surface area (Å²) in [6, 6.07) is 16.6. The molecule has 2 aromatic heterocycles. The first-order valence-corrected chi connectivity index (χ1v) is 8.91. The molecular formula is C19H14N4O2S. The van der Waals surface area contributed by atoms with Crippen molar-refractivity contribution in [1.82, 2.24) is 19.9 Å². The third-order valence-electron chi connectivity index (χ3n) is 3.68. The summed E-state index contributed by atoms with van der Waals surface area (Å²) >= 11 is 1.36. The number of carbonyl (C=O) groups excluding carboxylic acids is 1. The molecule has 2 heterocycles. The number of ether oxygens (including phenoxy) is 1. The Morgan fingerprint density at radius 2 is 1.73 bits per heavy atom. The standard InChI is InChI=1S/C19H14N4O2S/c24-16(10-26-19-17-18(21-11-20-17)22-12-23-19)13-6-8-15(9-7-13)25-14-4-2-1-3-5-14/h1-9,11-12H,10H2,(H,20,21,22,23). The minimum Gasteiger partial charge on any atom is -0.457 e. The average Bonchev–Trinajstić information content (AvgIpc) is 3.17. The number of rotatable bonds is 6. The van der Waals surface area contributed by atoms with E-state index in [9.17, 15) is 4.79 Å². The second kappa shape index (κ2) is 7.37. The molecule has 0 saturated heterocycles. The molecule has 0 aliphatic carbocycles. The van der Waals surface area contributed by atoms with Crippen molar-refractivity contribution in [2.24, 2.45) is 0 Å². The second-order valence-electron chi connectivity index (χ2n) is 5.43. The summed E-state index contributed by atoms with van der Waals surface area (Å²) in [4.78, 5) is 27.8. The highest BCUT2D eigenvalue weighted by Crippen LogP contribution is 2.24. The van der Waals surface area contributed by atoms with Crippen molar-refractivity contribution in [3.8, 4) is 11.5 Å². The second-order valence-corrected chi connectivity index (χ2v) is 6.40.